The second kappa shape index (κ2) is 7.69. The average molecular weight is 391 g/mol. The Labute approximate surface area is 169 Å². The van der Waals surface area contributed by atoms with Gasteiger partial charge in [0, 0.05) is 45.0 Å². The highest BCUT2D eigenvalue weighted by atomic mass is 16.2. The molecule has 1 N–H and O–H groups in total. The molecule has 2 saturated heterocycles. The topological polar surface area (TPSA) is 81.2 Å². The normalized spacial score (nSPS) is 20.3. The zero-order valence-corrected chi connectivity index (χ0v) is 16.4. The van der Waals surface area contributed by atoms with E-state index in [1.54, 1.807) is 12.7 Å². The molecule has 1 atom stereocenters. The lowest BCUT2D eigenvalue weighted by Gasteiger charge is -2.40. The lowest BCUT2D eigenvalue weighted by atomic mass is 9.96. The van der Waals surface area contributed by atoms with Gasteiger partial charge in [-0.15, -0.1) is 0 Å². The quantitative estimate of drug-likeness (QED) is 0.735. The Bertz CT molecular complexity index is 981. The van der Waals surface area contributed by atoms with Crippen LogP contribution in [-0.2, 0) is 4.79 Å². The largest absolute Gasteiger partial charge is 0.368 e. The molecule has 2 aliphatic rings. The van der Waals surface area contributed by atoms with Gasteiger partial charge in [0.25, 0.3) is 0 Å². The second-order valence-electron chi connectivity index (χ2n) is 7.73. The van der Waals surface area contributed by atoms with E-state index in [4.69, 9.17) is 0 Å². The minimum absolute atomic E-state index is 0.0139. The Kier molecular flexibility index (Phi) is 4.75. The highest BCUT2D eigenvalue weighted by molar-refractivity contribution is 5.84. The minimum atomic E-state index is 0.0139. The molecule has 2 fully saturated rings. The summed E-state index contributed by atoms with van der Waals surface area (Å²) < 4.78 is 0. The fourth-order valence-corrected chi connectivity index (χ4v) is 4.45. The molecule has 5 rings (SSSR count). The third-order valence-corrected chi connectivity index (χ3v) is 5.99. The number of anilines is 2. The van der Waals surface area contributed by atoms with Crippen molar-refractivity contribution in [2.24, 2.45) is 5.92 Å². The number of nitrogens with one attached hydrogen (secondary N) is 1. The molecule has 0 aliphatic carbocycles. The lowest BCUT2D eigenvalue weighted by Crippen LogP contribution is -2.52. The molecule has 1 unspecified atom stereocenters. The summed E-state index contributed by atoms with van der Waals surface area (Å²) in [6.45, 7) is 4.92. The smallest absolute Gasteiger partial charge is 0.227 e. The maximum atomic E-state index is 13.2. The first-order valence-corrected chi connectivity index (χ1v) is 10.3. The number of carbonyl (C=O) groups excluding carboxylic acids is 1. The number of nitrogens with zero attached hydrogens (tertiary/aromatic N) is 6. The van der Waals surface area contributed by atoms with Crippen LogP contribution in [0.2, 0.25) is 0 Å². The molecule has 3 aromatic rings. The van der Waals surface area contributed by atoms with Gasteiger partial charge in [-0.2, -0.15) is 0 Å². The highest BCUT2D eigenvalue weighted by Crippen LogP contribution is 2.27. The van der Waals surface area contributed by atoms with Crippen LogP contribution in [0.1, 0.15) is 12.8 Å². The number of imidazole rings is 1. The van der Waals surface area contributed by atoms with E-state index in [0.29, 0.717) is 12.2 Å². The Morgan fingerprint density at radius 1 is 0.966 bits per heavy atom. The van der Waals surface area contributed by atoms with Crippen LogP contribution in [0.3, 0.4) is 0 Å². The molecule has 0 spiro atoms. The predicted octanol–water partition coefficient (Wildman–Crippen LogP) is 1.92. The summed E-state index contributed by atoms with van der Waals surface area (Å²) in [4.78, 5) is 35.8. The van der Waals surface area contributed by atoms with Gasteiger partial charge >= 0.3 is 0 Å². The van der Waals surface area contributed by atoms with Crippen molar-refractivity contribution in [1.82, 2.24) is 24.8 Å². The molecule has 1 aromatic carbocycles. The van der Waals surface area contributed by atoms with E-state index in [0.717, 1.165) is 56.9 Å². The van der Waals surface area contributed by atoms with Crippen LogP contribution in [0.4, 0.5) is 11.5 Å². The van der Waals surface area contributed by atoms with Gasteiger partial charge in [-0.3, -0.25) is 4.79 Å². The molecule has 4 heterocycles. The van der Waals surface area contributed by atoms with Crippen LogP contribution in [0.25, 0.3) is 11.2 Å². The number of piperazine rings is 1. The first-order chi connectivity index (χ1) is 14.3. The van der Waals surface area contributed by atoms with Gasteiger partial charge in [-0.25, -0.2) is 15.0 Å². The van der Waals surface area contributed by atoms with E-state index in [2.05, 4.69) is 54.0 Å². The molecule has 1 amide bonds. The number of H-pyrrole nitrogens is 1. The number of carbonyl (C=O) groups is 1. The fraction of sp³-hybridized carbons (Fsp3) is 0.429. The summed E-state index contributed by atoms with van der Waals surface area (Å²) in [6, 6.07) is 10.4. The number of hydrogen-bond donors (Lipinski definition) is 1. The number of fused-ring (bicyclic) bond motifs is 1. The average Bonchev–Trinajstić information content (AvgIpc) is 3.28. The summed E-state index contributed by atoms with van der Waals surface area (Å²) in [7, 11) is 0. The fourth-order valence-electron chi connectivity index (χ4n) is 4.45. The zero-order valence-electron chi connectivity index (χ0n) is 16.4. The van der Waals surface area contributed by atoms with Crippen LogP contribution in [0, 0.1) is 5.92 Å². The maximum Gasteiger partial charge on any atom is 0.227 e. The molecule has 0 saturated carbocycles. The predicted molar refractivity (Wildman–Crippen MR) is 112 cm³/mol. The van der Waals surface area contributed by atoms with Gasteiger partial charge in [0.1, 0.15) is 11.8 Å². The van der Waals surface area contributed by atoms with Crippen LogP contribution < -0.4 is 9.80 Å². The molecule has 29 heavy (non-hydrogen) atoms. The summed E-state index contributed by atoms with van der Waals surface area (Å²) in [5, 5.41) is 0. The summed E-state index contributed by atoms with van der Waals surface area (Å²) in [6.07, 6.45) is 5.11. The molecule has 2 aliphatic heterocycles. The molecule has 8 heteroatoms. The Balaban J connectivity index is 1.24. The van der Waals surface area contributed by atoms with Crippen molar-refractivity contribution >= 4 is 28.6 Å². The van der Waals surface area contributed by atoms with E-state index in [-0.39, 0.29) is 11.8 Å². The third kappa shape index (κ3) is 3.50. The highest BCUT2D eigenvalue weighted by Gasteiger charge is 2.32. The van der Waals surface area contributed by atoms with E-state index in [1.807, 2.05) is 11.0 Å². The molecule has 0 radical (unpaired) electrons. The Hall–Kier alpha value is -3.16. The number of benzene rings is 1. The van der Waals surface area contributed by atoms with Crippen molar-refractivity contribution in [2.45, 2.75) is 12.8 Å². The van der Waals surface area contributed by atoms with E-state index < -0.39 is 0 Å². The number of para-hydroxylation sites is 1. The second-order valence-corrected chi connectivity index (χ2v) is 7.73. The Morgan fingerprint density at radius 2 is 1.79 bits per heavy atom. The number of rotatable bonds is 3. The standard InChI is InChI=1S/C21H25N7O/c29-21(27-11-9-26(10-12-27)17-6-2-1-3-7-17)16-5-4-8-28(13-16)20-18-19(23-14-22-18)24-15-25-20/h1-3,6-7,14-16H,4-5,8-13H2,(H,22,23,24,25). The van der Waals surface area contributed by atoms with Crippen molar-refractivity contribution in [2.75, 3.05) is 49.1 Å². The molecule has 150 valence electrons. The molecule has 0 bridgehead atoms. The zero-order chi connectivity index (χ0) is 19.6. The van der Waals surface area contributed by atoms with Crippen molar-refractivity contribution in [3.63, 3.8) is 0 Å². The van der Waals surface area contributed by atoms with Crippen molar-refractivity contribution in [3.05, 3.63) is 43.0 Å². The van der Waals surface area contributed by atoms with Gasteiger partial charge in [0.2, 0.25) is 5.91 Å². The minimum Gasteiger partial charge on any atom is -0.368 e. The third-order valence-electron chi connectivity index (χ3n) is 5.99. The monoisotopic (exact) mass is 391 g/mol. The number of aromatic amines is 1. The summed E-state index contributed by atoms with van der Waals surface area (Å²) in [5.41, 5.74) is 2.74. The number of amides is 1. The van der Waals surface area contributed by atoms with Gasteiger partial charge < -0.3 is 19.7 Å². The number of aromatic nitrogens is 4. The van der Waals surface area contributed by atoms with Gasteiger partial charge in [0.15, 0.2) is 11.5 Å². The van der Waals surface area contributed by atoms with Gasteiger partial charge in [0.05, 0.1) is 12.2 Å². The maximum absolute atomic E-state index is 13.2. The van der Waals surface area contributed by atoms with Gasteiger partial charge in [-0.05, 0) is 25.0 Å². The van der Waals surface area contributed by atoms with Crippen LogP contribution in [0.15, 0.2) is 43.0 Å². The SMILES string of the molecule is O=C(C1CCCN(c2ncnc3nc[nH]c23)C1)N1CCN(c2ccccc2)CC1. The van der Waals surface area contributed by atoms with Crippen molar-refractivity contribution in [3.8, 4) is 0 Å². The number of hydrogen-bond acceptors (Lipinski definition) is 6. The Morgan fingerprint density at radius 3 is 2.62 bits per heavy atom. The molecular formula is C21H25N7O. The first kappa shape index (κ1) is 17.9. The van der Waals surface area contributed by atoms with Crippen molar-refractivity contribution in [1.29, 1.82) is 0 Å². The van der Waals surface area contributed by atoms with E-state index in [1.165, 1.54) is 5.69 Å². The molecular weight excluding hydrogens is 366 g/mol. The summed E-state index contributed by atoms with van der Waals surface area (Å²) >= 11 is 0. The van der Waals surface area contributed by atoms with E-state index >= 15 is 0 Å². The summed E-state index contributed by atoms with van der Waals surface area (Å²) in [5.74, 6) is 1.14. The molecule has 8 nitrogen and oxygen atoms in total. The van der Waals surface area contributed by atoms with E-state index in [9.17, 15) is 4.79 Å². The van der Waals surface area contributed by atoms with Crippen LogP contribution in [-0.4, -0.2) is 70.0 Å². The molecule has 2 aromatic heterocycles. The lowest BCUT2D eigenvalue weighted by molar-refractivity contribution is -0.136. The number of piperidine rings is 1. The van der Waals surface area contributed by atoms with Crippen LogP contribution in [0.5, 0.6) is 0 Å². The van der Waals surface area contributed by atoms with Crippen molar-refractivity contribution < 1.29 is 4.79 Å². The first-order valence-electron chi connectivity index (χ1n) is 10.3. The van der Waals surface area contributed by atoms with Gasteiger partial charge in [-0.1, -0.05) is 18.2 Å². The van der Waals surface area contributed by atoms with Crippen LogP contribution >= 0.6 is 0 Å².